The molecule has 9 heteroatoms. The first-order chi connectivity index (χ1) is 14.5. The van der Waals surface area contributed by atoms with Crippen molar-refractivity contribution in [1.82, 2.24) is 15.5 Å². The first-order valence-electron chi connectivity index (χ1n) is 10.3. The second kappa shape index (κ2) is 10.7. The Hall–Kier alpha value is -2.55. The number of amides is 2. The zero-order chi connectivity index (χ0) is 23.2. The summed E-state index contributed by atoms with van der Waals surface area (Å²) in [4.78, 5) is 24.6. The minimum atomic E-state index is -0.608. The van der Waals surface area contributed by atoms with Crippen molar-refractivity contribution in [3.8, 4) is 0 Å². The molecule has 1 aromatic heterocycles. The summed E-state index contributed by atoms with van der Waals surface area (Å²) in [6, 6.07) is 5.37. The largest absolute Gasteiger partial charge is 0.444 e. The number of anilines is 1. The average Bonchev–Trinajstić information content (AvgIpc) is 3.14. The van der Waals surface area contributed by atoms with E-state index in [1.807, 2.05) is 45.9 Å². The zero-order valence-corrected chi connectivity index (χ0v) is 20.1. The molecule has 2 N–H and O–H groups in total. The van der Waals surface area contributed by atoms with Gasteiger partial charge in [-0.3, -0.25) is 4.79 Å². The summed E-state index contributed by atoms with van der Waals surface area (Å²) in [5, 5.41) is 14.1. The van der Waals surface area contributed by atoms with E-state index in [0.29, 0.717) is 0 Å². The quantitative estimate of drug-likeness (QED) is 0.546. The van der Waals surface area contributed by atoms with Crippen molar-refractivity contribution < 1.29 is 18.7 Å². The number of alkyl carbamates (subject to hydrolysis) is 1. The van der Waals surface area contributed by atoms with Gasteiger partial charge >= 0.3 is 6.09 Å². The van der Waals surface area contributed by atoms with Gasteiger partial charge in [-0.15, -0.1) is 10.2 Å². The number of nitrogens with zero attached hydrogens (tertiary/aromatic N) is 2. The Labute approximate surface area is 187 Å². The van der Waals surface area contributed by atoms with E-state index in [1.54, 1.807) is 20.8 Å². The lowest BCUT2D eigenvalue weighted by molar-refractivity contribution is -0.113. The standard InChI is InChI=1S/C22H32N4O4S/c1-8-13(2)18(24-20(28)30-22(5,6)7)19-25-26-21(29-19)31-12-16(27)23-17-14(3)10-9-11-15(17)4/h9-11,13,18H,8,12H2,1-7H3,(H,23,27)(H,24,28)/t13?,18-/m0/s1. The molecule has 2 aromatic rings. The maximum atomic E-state index is 12.4. The van der Waals surface area contributed by atoms with Gasteiger partial charge in [-0.2, -0.15) is 0 Å². The highest BCUT2D eigenvalue weighted by Crippen LogP contribution is 2.27. The van der Waals surface area contributed by atoms with Crippen LogP contribution in [0.4, 0.5) is 10.5 Å². The molecule has 0 fully saturated rings. The number of ether oxygens (including phenoxy) is 1. The highest BCUT2D eigenvalue weighted by molar-refractivity contribution is 7.99. The summed E-state index contributed by atoms with van der Waals surface area (Å²) in [5.74, 6) is 0.312. The molecule has 0 aliphatic rings. The average molecular weight is 449 g/mol. The number of aromatic nitrogens is 2. The van der Waals surface area contributed by atoms with Crippen molar-refractivity contribution in [2.45, 2.75) is 71.8 Å². The summed E-state index contributed by atoms with van der Waals surface area (Å²) in [7, 11) is 0. The Morgan fingerprint density at radius 3 is 2.42 bits per heavy atom. The number of aryl methyl sites for hydroxylation is 2. The van der Waals surface area contributed by atoms with Crippen molar-refractivity contribution in [3.63, 3.8) is 0 Å². The van der Waals surface area contributed by atoms with Crippen LogP contribution in [0.3, 0.4) is 0 Å². The number of thioether (sulfide) groups is 1. The molecule has 170 valence electrons. The molecule has 2 rings (SSSR count). The van der Waals surface area contributed by atoms with E-state index in [1.165, 1.54) is 0 Å². The first-order valence-corrected chi connectivity index (χ1v) is 11.3. The zero-order valence-electron chi connectivity index (χ0n) is 19.2. The van der Waals surface area contributed by atoms with E-state index in [-0.39, 0.29) is 28.7 Å². The summed E-state index contributed by atoms with van der Waals surface area (Å²) in [6.07, 6.45) is 0.252. The summed E-state index contributed by atoms with van der Waals surface area (Å²) < 4.78 is 11.1. The molecule has 0 aliphatic carbocycles. The van der Waals surface area contributed by atoms with E-state index >= 15 is 0 Å². The topological polar surface area (TPSA) is 106 Å². The van der Waals surface area contributed by atoms with E-state index in [4.69, 9.17) is 9.15 Å². The van der Waals surface area contributed by atoms with E-state index in [0.717, 1.165) is 35.0 Å². The van der Waals surface area contributed by atoms with Crippen LogP contribution in [-0.4, -0.2) is 33.6 Å². The molecule has 0 saturated carbocycles. The maximum Gasteiger partial charge on any atom is 0.408 e. The molecule has 0 spiro atoms. The molecule has 0 saturated heterocycles. The number of hydrogen-bond donors (Lipinski definition) is 2. The molecule has 8 nitrogen and oxygen atoms in total. The molecular formula is C22H32N4O4S. The Kier molecular flexibility index (Phi) is 8.50. The lowest BCUT2D eigenvalue weighted by atomic mass is 9.99. The maximum absolute atomic E-state index is 12.4. The normalized spacial score (nSPS) is 13.4. The monoisotopic (exact) mass is 448 g/mol. The van der Waals surface area contributed by atoms with E-state index in [2.05, 4.69) is 20.8 Å². The fourth-order valence-corrected chi connectivity index (χ4v) is 3.41. The van der Waals surface area contributed by atoms with Crippen LogP contribution in [0, 0.1) is 19.8 Å². The van der Waals surface area contributed by atoms with Crippen LogP contribution in [0.5, 0.6) is 0 Å². The number of carbonyl (C=O) groups is 2. The molecule has 1 heterocycles. The third-order valence-electron chi connectivity index (χ3n) is 4.65. The van der Waals surface area contributed by atoms with Crippen LogP contribution in [0.1, 0.15) is 64.1 Å². The third-order valence-corrected chi connectivity index (χ3v) is 5.46. The second-order valence-electron chi connectivity index (χ2n) is 8.52. The minimum absolute atomic E-state index is 0.0538. The molecule has 0 aliphatic heterocycles. The molecule has 0 radical (unpaired) electrons. The van der Waals surface area contributed by atoms with Crippen LogP contribution >= 0.6 is 11.8 Å². The van der Waals surface area contributed by atoms with Gasteiger partial charge < -0.3 is 19.8 Å². The van der Waals surface area contributed by atoms with Gasteiger partial charge in [0.1, 0.15) is 11.6 Å². The number of benzene rings is 1. The fourth-order valence-electron chi connectivity index (χ4n) is 2.84. The predicted molar refractivity (Wildman–Crippen MR) is 121 cm³/mol. The summed E-state index contributed by atoms with van der Waals surface area (Å²) in [6.45, 7) is 13.3. The van der Waals surface area contributed by atoms with Gasteiger partial charge in [0.05, 0.1) is 5.75 Å². The number of rotatable bonds is 8. The molecule has 2 atom stereocenters. The van der Waals surface area contributed by atoms with Gasteiger partial charge in [-0.1, -0.05) is 50.2 Å². The van der Waals surface area contributed by atoms with Crippen LogP contribution in [-0.2, 0) is 9.53 Å². The Morgan fingerprint density at radius 1 is 1.19 bits per heavy atom. The fraction of sp³-hybridized carbons (Fsp3) is 0.545. The van der Waals surface area contributed by atoms with Crippen molar-refractivity contribution in [3.05, 3.63) is 35.2 Å². The van der Waals surface area contributed by atoms with Crippen LogP contribution in [0.25, 0.3) is 0 Å². The number of carbonyl (C=O) groups excluding carboxylic acids is 2. The molecule has 31 heavy (non-hydrogen) atoms. The highest BCUT2D eigenvalue weighted by atomic mass is 32.2. The van der Waals surface area contributed by atoms with Gasteiger partial charge in [-0.05, 0) is 51.7 Å². The van der Waals surface area contributed by atoms with Crippen LogP contribution in [0.15, 0.2) is 27.8 Å². The van der Waals surface area contributed by atoms with Gasteiger partial charge in [0.25, 0.3) is 5.22 Å². The highest BCUT2D eigenvalue weighted by Gasteiger charge is 2.28. The predicted octanol–water partition coefficient (Wildman–Crippen LogP) is 5.03. The number of nitrogens with one attached hydrogen (secondary N) is 2. The Bertz CT molecular complexity index is 887. The van der Waals surface area contributed by atoms with Gasteiger partial charge in [0.2, 0.25) is 11.8 Å². The van der Waals surface area contributed by atoms with Crippen molar-refractivity contribution in [1.29, 1.82) is 0 Å². The molecular weight excluding hydrogens is 416 g/mol. The van der Waals surface area contributed by atoms with Crippen molar-refractivity contribution in [2.24, 2.45) is 5.92 Å². The molecule has 1 aromatic carbocycles. The smallest absolute Gasteiger partial charge is 0.408 e. The minimum Gasteiger partial charge on any atom is -0.444 e. The lowest BCUT2D eigenvalue weighted by Crippen LogP contribution is -2.37. The SMILES string of the molecule is CCC(C)[C@H](NC(=O)OC(C)(C)C)c1nnc(SCC(=O)Nc2c(C)cccc2C)o1. The van der Waals surface area contributed by atoms with E-state index in [9.17, 15) is 9.59 Å². The number of hydrogen-bond acceptors (Lipinski definition) is 7. The van der Waals surface area contributed by atoms with Gasteiger partial charge in [0, 0.05) is 5.69 Å². The third kappa shape index (κ3) is 7.57. The van der Waals surface area contributed by atoms with E-state index < -0.39 is 17.7 Å². The second-order valence-corrected chi connectivity index (χ2v) is 9.45. The molecule has 2 amide bonds. The first kappa shape index (κ1) is 24.7. The lowest BCUT2D eigenvalue weighted by Gasteiger charge is -2.24. The van der Waals surface area contributed by atoms with Crippen molar-refractivity contribution >= 4 is 29.4 Å². The molecule has 0 bridgehead atoms. The van der Waals surface area contributed by atoms with Crippen LogP contribution in [0.2, 0.25) is 0 Å². The molecule has 1 unspecified atom stereocenters. The number of para-hydroxylation sites is 1. The van der Waals surface area contributed by atoms with Gasteiger partial charge in [-0.25, -0.2) is 4.79 Å². The van der Waals surface area contributed by atoms with Crippen LogP contribution < -0.4 is 10.6 Å². The Morgan fingerprint density at radius 2 is 1.84 bits per heavy atom. The Balaban J connectivity index is 2.01. The summed E-state index contributed by atoms with van der Waals surface area (Å²) in [5.41, 5.74) is 2.21. The van der Waals surface area contributed by atoms with Gasteiger partial charge in [0.15, 0.2) is 0 Å². The van der Waals surface area contributed by atoms with Crippen molar-refractivity contribution in [2.75, 3.05) is 11.1 Å². The summed E-state index contributed by atoms with van der Waals surface area (Å²) >= 11 is 1.15.